The Morgan fingerprint density at radius 3 is 2.44 bits per heavy atom. The first kappa shape index (κ1) is 31.9. The molecule has 2 amide bonds. The molecule has 4 aromatic rings. The number of ether oxygens (including phenoxy) is 1. The molecule has 0 N–H and O–H groups in total. The summed E-state index contributed by atoms with van der Waals surface area (Å²) in [4.78, 5) is 46.5. The highest BCUT2D eigenvalue weighted by molar-refractivity contribution is 7.89. The zero-order valence-corrected chi connectivity index (χ0v) is 26.7. The highest BCUT2D eigenvalue weighted by atomic mass is 32.2. The second-order valence-corrected chi connectivity index (χ2v) is 13.3. The van der Waals surface area contributed by atoms with Gasteiger partial charge in [0.05, 0.1) is 18.0 Å². The van der Waals surface area contributed by atoms with E-state index in [-0.39, 0.29) is 48.5 Å². The summed E-state index contributed by atoms with van der Waals surface area (Å²) in [5, 5.41) is 1.39. The van der Waals surface area contributed by atoms with Gasteiger partial charge < -0.3 is 19.1 Å². The summed E-state index contributed by atoms with van der Waals surface area (Å²) < 4.78 is 36.1. The number of nitrogens with zero attached hydrogens (tertiary/aromatic N) is 5. The molecule has 0 fully saturated rings. The molecular weight excluding hydrogens is 594 g/mol. The lowest BCUT2D eigenvalue weighted by Crippen LogP contribution is -2.47. The number of aromatic nitrogens is 2. The molecule has 0 unspecified atom stereocenters. The molecule has 5 rings (SSSR count). The van der Waals surface area contributed by atoms with E-state index in [2.05, 4.69) is 4.98 Å². The van der Waals surface area contributed by atoms with Crippen LogP contribution in [0.15, 0.2) is 88.9 Å². The van der Waals surface area contributed by atoms with E-state index in [9.17, 15) is 22.8 Å². The molecule has 1 aliphatic heterocycles. The molecule has 0 aliphatic carbocycles. The Hall–Kier alpha value is -4.55. The van der Waals surface area contributed by atoms with Gasteiger partial charge in [-0.25, -0.2) is 8.42 Å². The van der Waals surface area contributed by atoms with E-state index in [1.807, 2.05) is 25.1 Å². The van der Waals surface area contributed by atoms with Crippen LogP contribution in [0.2, 0.25) is 0 Å². The first-order valence-electron chi connectivity index (χ1n) is 14.8. The van der Waals surface area contributed by atoms with Crippen LogP contribution in [0.4, 0.5) is 11.4 Å². The number of hydrogen-bond acceptors (Lipinski definition) is 7. The van der Waals surface area contributed by atoms with E-state index in [0.29, 0.717) is 35.5 Å². The molecule has 0 radical (unpaired) electrons. The number of benzene rings is 2. The highest BCUT2D eigenvalue weighted by Gasteiger charge is 2.45. The Labute approximate surface area is 262 Å². The van der Waals surface area contributed by atoms with Gasteiger partial charge in [-0.05, 0) is 69.0 Å². The summed E-state index contributed by atoms with van der Waals surface area (Å²) in [7, 11) is -2.27. The maximum absolute atomic E-state index is 13.6. The third-order valence-corrected chi connectivity index (χ3v) is 9.99. The van der Waals surface area contributed by atoms with E-state index in [4.69, 9.17) is 4.74 Å². The first-order chi connectivity index (χ1) is 21.5. The number of amides is 2. The van der Waals surface area contributed by atoms with E-state index >= 15 is 0 Å². The lowest BCUT2D eigenvalue weighted by Gasteiger charge is -2.27. The largest absolute Gasteiger partial charge is 0.493 e. The maximum atomic E-state index is 13.6. The summed E-state index contributed by atoms with van der Waals surface area (Å²) >= 11 is 0. The standard InChI is InChI=1S/C33H37N5O6S/c1-5-38-28-14-13-25(22-29(28)35(4)31(40)33(2,3)32(38)41)44-21-9-17-37(45(42,43)26-11-8-16-34-23-26)20-19-36-18-15-24-10-6-7-12-27(24)30(36)39/h6-8,10-16,18,22-23H,5,9,17,19-21H2,1-4H3. The molecule has 3 heterocycles. The fourth-order valence-corrected chi connectivity index (χ4v) is 6.96. The van der Waals surface area contributed by atoms with Crippen molar-refractivity contribution < 1.29 is 22.7 Å². The van der Waals surface area contributed by atoms with Gasteiger partial charge in [-0.2, -0.15) is 4.31 Å². The van der Waals surface area contributed by atoms with E-state index < -0.39 is 15.4 Å². The molecule has 0 spiro atoms. The molecule has 12 heteroatoms. The number of rotatable bonds is 11. The lowest BCUT2D eigenvalue weighted by atomic mass is 9.90. The van der Waals surface area contributed by atoms with E-state index in [0.717, 1.165) is 5.39 Å². The van der Waals surface area contributed by atoms with Crippen LogP contribution in [0.3, 0.4) is 0 Å². The molecular formula is C33H37N5O6S. The third kappa shape index (κ3) is 6.20. The molecule has 0 saturated heterocycles. The first-order valence-corrected chi connectivity index (χ1v) is 16.3. The van der Waals surface area contributed by atoms with Crippen LogP contribution in [-0.2, 0) is 26.2 Å². The van der Waals surface area contributed by atoms with Gasteiger partial charge in [0.2, 0.25) is 21.8 Å². The number of fused-ring (bicyclic) bond motifs is 2. The SMILES string of the molecule is CCN1C(=O)C(C)(C)C(=O)N(C)c2cc(OCCCN(CCn3ccc4ccccc4c3=O)S(=O)(=O)c3cccnc3)ccc21. The average Bonchev–Trinajstić information content (AvgIpc) is 3.09. The van der Waals surface area contributed by atoms with Crippen LogP contribution in [0, 0.1) is 5.41 Å². The maximum Gasteiger partial charge on any atom is 0.258 e. The number of carbonyl (C=O) groups excluding carboxylic acids is 2. The number of pyridine rings is 2. The Kier molecular flexibility index (Phi) is 9.08. The number of anilines is 2. The molecule has 0 atom stereocenters. The number of carbonyl (C=O) groups is 2. The van der Waals surface area contributed by atoms with E-state index in [1.165, 1.54) is 32.2 Å². The Morgan fingerprint density at radius 1 is 0.933 bits per heavy atom. The normalized spacial score (nSPS) is 15.0. The zero-order chi connectivity index (χ0) is 32.4. The summed E-state index contributed by atoms with van der Waals surface area (Å²) in [5.41, 5.74) is -0.228. The highest BCUT2D eigenvalue weighted by Crippen LogP contribution is 2.40. The fourth-order valence-electron chi connectivity index (χ4n) is 5.53. The summed E-state index contributed by atoms with van der Waals surface area (Å²) in [6.07, 6.45) is 4.84. The van der Waals surface area contributed by atoms with Crippen LogP contribution in [0.1, 0.15) is 27.2 Å². The summed E-state index contributed by atoms with van der Waals surface area (Å²) in [6, 6.07) is 17.4. The monoisotopic (exact) mass is 631 g/mol. The molecule has 0 bridgehead atoms. The minimum atomic E-state index is -3.91. The van der Waals surface area contributed by atoms with Crippen molar-refractivity contribution >= 4 is 44.0 Å². The van der Waals surface area contributed by atoms with Gasteiger partial charge in [0.25, 0.3) is 5.56 Å². The smallest absolute Gasteiger partial charge is 0.258 e. The summed E-state index contributed by atoms with van der Waals surface area (Å²) in [6.45, 7) is 6.07. The van der Waals surface area contributed by atoms with Crippen LogP contribution < -0.4 is 20.1 Å². The van der Waals surface area contributed by atoms with Gasteiger partial charge in [-0.1, -0.05) is 18.2 Å². The number of sulfonamides is 1. The lowest BCUT2D eigenvalue weighted by molar-refractivity contribution is -0.137. The van der Waals surface area contributed by atoms with Gasteiger partial charge in [0.1, 0.15) is 16.1 Å². The van der Waals surface area contributed by atoms with Gasteiger partial charge in [-0.15, -0.1) is 0 Å². The average molecular weight is 632 g/mol. The quantitative estimate of drug-likeness (QED) is 0.182. The fraction of sp³-hybridized carbons (Fsp3) is 0.333. The second-order valence-electron chi connectivity index (χ2n) is 11.4. The Morgan fingerprint density at radius 2 is 1.71 bits per heavy atom. The van der Waals surface area contributed by atoms with Crippen LogP contribution >= 0.6 is 0 Å². The van der Waals surface area contributed by atoms with Crippen LogP contribution in [-0.4, -0.2) is 67.4 Å². The van der Waals surface area contributed by atoms with Gasteiger partial charge in [0.15, 0.2) is 0 Å². The molecule has 45 heavy (non-hydrogen) atoms. The second kappa shape index (κ2) is 12.8. The van der Waals surface area contributed by atoms with Crippen molar-refractivity contribution in [2.24, 2.45) is 5.41 Å². The van der Waals surface area contributed by atoms with Gasteiger partial charge >= 0.3 is 0 Å². The summed E-state index contributed by atoms with van der Waals surface area (Å²) in [5.74, 6) is -0.0975. The van der Waals surface area contributed by atoms with Crippen LogP contribution in [0.25, 0.3) is 10.8 Å². The minimum absolute atomic E-state index is 0.0631. The van der Waals surface area contributed by atoms with Gasteiger partial charge in [-0.3, -0.25) is 19.4 Å². The van der Waals surface area contributed by atoms with Gasteiger partial charge in [0, 0.05) is 63.3 Å². The molecule has 1 aliphatic rings. The predicted octanol–water partition coefficient (Wildman–Crippen LogP) is 3.91. The van der Waals surface area contributed by atoms with Crippen molar-refractivity contribution in [3.05, 3.63) is 89.6 Å². The van der Waals surface area contributed by atoms with Crippen molar-refractivity contribution in [3.8, 4) is 5.75 Å². The van der Waals surface area contributed by atoms with Crippen molar-refractivity contribution in [2.75, 3.05) is 43.1 Å². The molecule has 11 nitrogen and oxygen atoms in total. The minimum Gasteiger partial charge on any atom is -0.493 e. The Balaban J connectivity index is 1.32. The predicted molar refractivity (Wildman–Crippen MR) is 173 cm³/mol. The molecule has 2 aromatic heterocycles. The number of hydrogen-bond donors (Lipinski definition) is 0. The molecule has 236 valence electrons. The molecule has 0 saturated carbocycles. The van der Waals surface area contributed by atoms with Crippen molar-refractivity contribution in [1.82, 2.24) is 13.9 Å². The Bertz CT molecular complexity index is 1890. The van der Waals surface area contributed by atoms with E-state index in [1.54, 1.807) is 68.4 Å². The van der Waals surface area contributed by atoms with Crippen LogP contribution in [0.5, 0.6) is 5.75 Å². The topological polar surface area (TPSA) is 122 Å². The van der Waals surface area contributed by atoms with Crippen molar-refractivity contribution in [2.45, 2.75) is 38.6 Å². The van der Waals surface area contributed by atoms with Crippen molar-refractivity contribution in [3.63, 3.8) is 0 Å². The third-order valence-electron chi connectivity index (χ3n) is 8.10. The van der Waals surface area contributed by atoms with Crippen molar-refractivity contribution in [1.29, 1.82) is 0 Å². The molecule has 2 aromatic carbocycles. The zero-order valence-electron chi connectivity index (χ0n) is 25.8.